The Morgan fingerprint density at radius 1 is 1.03 bits per heavy atom. The van der Waals surface area contributed by atoms with Gasteiger partial charge in [-0.3, -0.25) is 9.80 Å². The highest BCUT2D eigenvalue weighted by Crippen LogP contribution is 2.39. The Labute approximate surface area is 192 Å². The van der Waals surface area contributed by atoms with Crippen molar-refractivity contribution >= 4 is 11.9 Å². The molecule has 2 aromatic rings. The first kappa shape index (κ1) is 22.8. The number of ether oxygens (including phenoxy) is 1. The van der Waals surface area contributed by atoms with Gasteiger partial charge < -0.3 is 4.74 Å². The van der Waals surface area contributed by atoms with Gasteiger partial charge in [-0.15, -0.1) is 0 Å². The molecule has 2 aliphatic rings. The van der Waals surface area contributed by atoms with Crippen LogP contribution in [-0.4, -0.2) is 34.2 Å². The Balaban J connectivity index is 1.67. The molecular formula is C27H37N3O2. The molecule has 172 valence electrons. The number of rotatable bonds is 5. The first-order valence-electron chi connectivity index (χ1n) is 12.2. The minimum absolute atomic E-state index is 0.157. The predicted molar refractivity (Wildman–Crippen MR) is 129 cm³/mol. The van der Waals surface area contributed by atoms with Crippen LogP contribution < -0.4 is 4.90 Å². The molecule has 1 aromatic heterocycles. The third-order valence-electron chi connectivity index (χ3n) is 6.53. The number of pyridine rings is 1. The van der Waals surface area contributed by atoms with Crippen molar-refractivity contribution in [3.8, 4) is 0 Å². The zero-order valence-corrected chi connectivity index (χ0v) is 19.8. The molecule has 1 aliphatic carbocycles. The topological polar surface area (TPSA) is 45.7 Å². The molecule has 2 fully saturated rings. The highest BCUT2D eigenvalue weighted by molar-refractivity contribution is 5.88. The highest BCUT2D eigenvalue weighted by atomic mass is 16.6. The molecule has 5 heteroatoms. The largest absolute Gasteiger partial charge is 0.443 e. The molecule has 1 atom stereocenters. The lowest BCUT2D eigenvalue weighted by molar-refractivity contribution is 0.0563. The fourth-order valence-corrected chi connectivity index (χ4v) is 5.10. The van der Waals surface area contributed by atoms with Crippen molar-refractivity contribution in [2.45, 2.75) is 89.9 Å². The second kappa shape index (κ2) is 10.0. The van der Waals surface area contributed by atoms with Crippen LogP contribution in [0.3, 0.4) is 0 Å². The maximum absolute atomic E-state index is 13.4. The molecule has 0 spiro atoms. The summed E-state index contributed by atoms with van der Waals surface area (Å²) >= 11 is 0. The minimum atomic E-state index is -0.535. The van der Waals surface area contributed by atoms with Crippen molar-refractivity contribution in [2.75, 3.05) is 11.4 Å². The Hall–Kier alpha value is -2.40. The number of hydrogen-bond donors (Lipinski definition) is 0. The quantitative estimate of drug-likeness (QED) is 0.538. The van der Waals surface area contributed by atoms with Crippen LogP contribution in [0.5, 0.6) is 0 Å². The second-order valence-electron chi connectivity index (χ2n) is 10.2. The maximum Gasteiger partial charge on any atom is 0.416 e. The van der Waals surface area contributed by atoms with E-state index in [9.17, 15) is 4.79 Å². The van der Waals surface area contributed by atoms with E-state index in [1.807, 2.05) is 37.9 Å². The van der Waals surface area contributed by atoms with E-state index >= 15 is 0 Å². The van der Waals surface area contributed by atoms with E-state index in [0.717, 1.165) is 56.6 Å². The molecule has 1 saturated heterocycles. The number of aromatic nitrogens is 1. The van der Waals surface area contributed by atoms with E-state index in [2.05, 4.69) is 41.3 Å². The molecule has 2 heterocycles. The number of anilines is 1. The molecule has 5 nitrogen and oxygen atoms in total. The van der Waals surface area contributed by atoms with E-state index in [1.165, 1.54) is 18.4 Å². The Morgan fingerprint density at radius 2 is 1.75 bits per heavy atom. The molecule has 1 aromatic carbocycles. The van der Waals surface area contributed by atoms with Crippen molar-refractivity contribution in [1.29, 1.82) is 0 Å². The van der Waals surface area contributed by atoms with Crippen molar-refractivity contribution in [2.24, 2.45) is 0 Å². The zero-order valence-electron chi connectivity index (χ0n) is 19.8. The van der Waals surface area contributed by atoms with Crippen LogP contribution in [0.15, 0.2) is 48.7 Å². The Morgan fingerprint density at radius 3 is 2.47 bits per heavy atom. The summed E-state index contributed by atoms with van der Waals surface area (Å²) in [6, 6.07) is 15.3. The number of likely N-dealkylation sites (tertiary alicyclic amines) is 1. The van der Waals surface area contributed by atoms with Gasteiger partial charge in [0.15, 0.2) is 0 Å². The van der Waals surface area contributed by atoms with Crippen LogP contribution >= 0.6 is 0 Å². The van der Waals surface area contributed by atoms with Gasteiger partial charge >= 0.3 is 6.09 Å². The molecule has 1 saturated carbocycles. The summed E-state index contributed by atoms with van der Waals surface area (Å²) in [5.74, 6) is 0.790. The summed E-state index contributed by atoms with van der Waals surface area (Å²) in [5.41, 5.74) is 1.94. The number of amides is 1. The highest BCUT2D eigenvalue weighted by Gasteiger charge is 2.36. The number of hydrogen-bond acceptors (Lipinski definition) is 4. The van der Waals surface area contributed by atoms with Crippen LogP contribution in [0.1, 0.15) is 82.9 Å². The van der Waals surface area contributed by atoms with E-state index in [-0.39, 0.29) is 18.2 Å². The third kappa shape index (κ3) is 5.50. The molecule has 1 aliphatic heterocycles. The molecular weight excluding hydrogens is 398 g/mol. The molecule has 32 heavy (non-hydrogen) atoms. The fourth-order valence-electron chi connectivity index (χ4n) is 5.10. The lowest BCUT2D eigenvalue weighted by atomic mass is 9.94. The second-order valence-corrected chi connectivity index (χ2v) is 10.2. The number of piperidine rings is 1. The van der Waals surface area contributed by atoms with Gasteiger partial charge in [0.2, 0.25) is 0 Å². The average Bonchev–Trinajstić information content (AvgIpc) is 3.29. The predicted octanol–water partition coefficient (Wildman–Crippen LogP) is 6.49. The van der Waals surface area contributed by atoms with E-state index in [4.69, 9.17) is 9.72 Å². The molecule has 0 bridgehead atoms. The van der Waals surface area contributed by atoms with Crippen LogP contribution in [0.25, 0.3) is 0 Å². The Bertz CT molecular complexity index is 887. The van der Waals surface area contributed by atoms with E-state index in [1.54, 1.807) is 0 Å². The number of benzene rings is 1. The fraction of sp³-hybridized carbons (Fsp3) is 0.556. The van der Waals surface area contributed by atoms with Crippen molar-refractivity contribution < 1.29 is 9.53 Å². The van der Waals surface area contributed by atoms with Gasteiger partial charge in [-0.1, -0.05) is 55.7 Å². The minimum Gasteiger partial charge on any atom is -0.443 e. The Kier molecular flexibility index (Phi) is 7.14. The number of carbonyl (C=O) groups excluding carboxylic acids is 1. The van der Waals surface area contributed by atoms with Crippen LogP contribution in [0.2, 0.25) is 0 Å². The van der Waals surface area contributed by atoms with Crippen molar-refractivity contribution in [3.05, 3.63) is 59.8 Å². The van der Waals surface area contributed by atoms with Gasteiger partial charge in [-0.2, -0.15) is 0 Å². The van der Waals surface area contributed by atoms with Crippen LogP contribution in [-0.2, 0) is 11.3 Å². The molecule has 0 N–H and O–H groups in total. The van der Waals surface area contributed by atoms with Gasteiger partial charge in [0, 0.05) is 30.4 Å². The first-order chi connectivity index (χ1) is 15.4. The lowest BCUT2D eigenvalue weighted by Crippen LogP contribution is -2.44. The molecule has 1 amide bonds. The standard InChI is InChI=1S/C27H37N3O2/c1-27(2,3)32-26(31)30(22-14-7-8-15-22)25-23(16-11-18-28-25)24-17-9-10-19-29(24)20-21-12-5-4-6-13-21/h4-6,11-13,16,18,22,24H,7-10,14-15,17,19-20H2,1-3H3/t24-/m0/s1. The van der Waals surface area contributed by atoms with Gasteiger partial charge in [0.1, 0.15) is 11.4 Å². The molecule has 4 rings (SSSR count). The van der Waals surface area contributed by atoms with Crippen molar-refractivity contribution in [1.82, 2.24) is 9.88 Å². The van der Waals surface area contributed by atoms with Gasteiger partial charge in [-0.05, 0) is 64.6 Å². The van der Waals surface area contributed by atoms with E-state index < -0.39 is 5.60 Å². The third-order valence-corrected chi connectivity index (χ3v) is 6.53. The number of carbonyl (C=O) groups is 1. The monoisotopic (exact) mass is 435 g/mol. The zero-order chi connectivity index (χ0) is 22.6. The van der Waals surface area contributed by atoms with Gasteiger partial charge in [0.25, 0.3) is 0 Å². The summed E-state index contributed by atoms with van der Waals surface area (Å²) in [4.78, 5) is 22.6. The van der Waals surface area contributed by atoms with Crippen LogP contribution in [0, 0.1) is 0 Å². The first-order valence-corrected chi connectivity index (χ1v) is 12.2. The summed E-state index contributed by atoms with van der Waals surface area (Å²) in [6.45, 7) is 7.76. The van der Waals surface area contributed by atoms with Crippen molar-refractivity contribution in [3.63, 3.8) is 0 Å². The van der Waals surface area contributed by atoms with Gasteiger partial charge in [0.05, 0.1) is 0 Å². The summed E-state index contributed by atoms with van der Waals surface area (Å²) < 4.78 is 5.86. The van der Waals surface area contributed by atoms with E-state index in [0.29, 0.717) is 0 Å². The molecule has 0 unspecified atom stereocenters. The maximum atomic E-state index is 13.4. The summed E-state index contributed by atoms with van der Waals surface area (Å²) in [7, 11) is 0. The normalized spacial score (nSPS) is 20.3. The summed E-state index contributed by atoms with van der Waals surface area (Å²) in [6.07, 6.45) is 9.34. The molecule has 0 radical (unpaired) electrons. The lowest BCUT2D eigenvalue weighted by Gasteiger charge is -2.39. The SMILES string of the molecule is CC(C)(C)OC(=O)N(c1ncccc1[C@@H]1CCCCN1Cc1ccccc1)C1CCCC1. The smallest absolute Gasteiger partial charge is 0.416 e. The average molecular weight is 436 g/mol. The van der Waals surface area contributed by atoms with Crippen LogP contribution in [0.4, 0.5) is 10.6 Å². The number of nitrogens with zero attached hydrogens (tertiary/aromatic N) is 3. The summed E-state index contributed by atoms with van der Waals surface area (Å²) in [5, 5.41) is 0. The van der Waals surface area contributed by atoms with Gasteiger partial charge in [-0.25, -0.2) is 9.78 Å².